The van der Waals surface area contributed by atoms with E-state index in [2.05, 4.69) is 0 Å². The van der Waals surface area contributed by atoms with E-state index in [-0.39, 0.29) is 5.56 Å². The van der Waals surface area contributed by atoms with Crippen molar-refractivity contribution in [1.82, 2.24) is 0 Å². The first kappa shape index (κ1) is 16.0. The van der Waals surface area contributed by atoms with Crippen LogP contribution in [0, 0.1) is 5.82 Å². The second-order valence-corrected chi connectivity index (χ2v) is 6.01. The van der Waals surface area contributed by atoms with E-state index < -0.39 is 24.1 Å². The summed E-state index contributed by atoms with van der Waals surface area (Å²) in [7, 11) is -0.840. The lowest BCUT2D eigenvalue weighted by atomic mass is 9.75. The Hall–Kier alpha value is -1.40. The Labute approximate surface area is 124 Å². The molecule has 1 saturated heterocycles. The molecule has 1 aromatic carbocycles. The van der Waals surface area contributed by atoms with Gasteiger partial charge in [0.2, 0.25) is 0 Å². The molecule has 21 heavy (non-hydrogen) atoms. The summed E-state index contributed by atoms with van der Waals surface area (Å²) in [6.45, 7) is 9.80. The Morgan fingerprint density at radius 1 is 1.24 bits per heavy atom. The molecular weight excluding hydrogens is 274 g/mol. The molecule has 0 radical (unpaired) electrons. The molecule has 6 heteroatoms. The van der Waals surface area contributed by atoms with Gasteiger partial charge in [0.05, 0.1) is 23.4 Å². The molecule has 0 aromatic heterocycles. The first-order valence-corrected chi connectivity index (χ1v) is 6.99. The van der Waals surface area contributed by atoms with Crippen LogP contribution >= 0.6 is 0 Å². The van der Waals surface area contributed by atoms with Crippen LogP contribution in [0.3, 0.4) is 0 Å². The number of aldehydes is 1. The Morgan fingerprint density at radius 2 is 1.81 bits per heavy atom. The van der Waals surface area contributed by atoms with Crippen LogP contribution in [0.15, 0.2) is 12.1 Å². The summed E-state index contributed by atoms with van der Waals surface area (Å²) in [5.41, 5.74) is -0.925. The van der Waals surface area contributed by atoms with Crippen molar-refractivity contribution < 1.29 is 23.2 Å². The predicted octanol–water partition coefficient (Wildman–Crippen LogP) is 2.34. The molecule has 0 unspecified atom stereocenters. The topological polar surface area (TPSA) is 44.8 Å². The first-order chi connectivity index (χ1) is 9.73. The normalized spacial score (nSPS) is 19.6. The molecule has 1 aromatic rings. The van der Waals surface area contributed by atoms with Gasteiger partial charge in [-0.2, -0.15) is 0 Å². The van der Waals surface area contributed by atoms with Crippen molar-refractivity contribution >= 4 is 18.9 Å². The third kappa shape index (κ3) is 2.70. The SMILES string of the molecule is CCOc1ccc(F)c(C=O)c1B1OC(C)(C)C(C)(C)O1. The molecule has 0 amide bonds. The highest BCUT2D eigenvalue weighted by molar-refractivity contribution is 6.64. The van der Waals surface area contributed by atoms with E-state index >= 15 is 0 Å². The van der Waals surface area contributed by atoms with Gasteiger partial charge in [-0.25, -0.2) is 4.39 Å². The van der Waals surface area contributed by atoms with Crippen LogP contribution in [-0.2, 0) is 9.31 Å². The van der Waals surface area contributed by atoms with Crippen LogP contribution in [-0.4, -0.2) is 31.2 Å². The third-order valence-corrected chi connectivity index (χ3v) is 4.10. The van der Waals surface area contributed by atoms with Gasteiger partial charge >= 0.3 is 7.12 Å². The summed E-state index contributed by atoms with van der Waals surface area (Å²) in [5, 5.41) is 0. The maximum absolute atomic E-state index is 13.9. The monoisotopic (exact) mass is 294 g/mol. The number of hydrogen-bond donors (Lipinski definition) is 0. The van der Waals surface area contributed by atoms with E-state index in [1.54, 1.807) is 0 Å². The molecule has 0 bridgehead atoms. The lowest BCUT2D eigenvalue weighted by Gasteiger charge is -2.32. The Kier molecular flexibility index (Phi) is 4.13. The summed E-state index contributed by atoms with van der Waals surface area (Å²) in [6.07, 6.45) is 0.470. The molecule has 2 rings (SSSR count). The zero-order valence-electron chi connectivity index (χ0n) is 13.0. The highest BCUT2D eigenvalue weighted by Crippen LogP contribution is 2.37. The van der Waals surface area contributed by atoms with Gasteiger partial charge in [-0.15, -0.1) is 0 Å². The van der Waals surface area contributed by atoms with Gasteiger partial charge in [0.15, 0.2) is 6.29 Å². The molecule has 0 N–H and O–H groups in total. The largest absolute Gasteiger partial charge is 0.499 e. The van der Waals surface area contributed by atoms with Gasteiger partial charge in [0, 0.05) is 5.46 Å². The molecule has 1 heterocycles. The van der Waals surface area contributed by atoms with Crippen LogP contribution in [0.2, 0.25) is 0 Å². The minimum atomic E-state index is -0.840. The van der Waals surface area contributed by atoms with Gasteiger partial charge in [-0.1, -0.05) is 0 Å². The summed E-state index contributed by atoms with van der Waals surface area (Å²) >= 11 is 0. The molecule has 0 saturated carbocycles. The third-order valence-electron chi connectivity index (χ3n) is 4.10. The molecule has 4 nitrogen and oxygen atoms in total. The lowest BCUT2D eigenvalue weighted by molar-refractivity contribution is 0.00578. The van der Waals surface area contributed by atoms with Crippen molar-refractivity contribution in [1.29, 1.82) is 0 Å². The molecular formula is C15H20BFO4. The highest BCUT2D eigenvalue weighted by Gasteiger charge is 2.53. The van der Waals surface area contributed by atoms with E-state index in [9.17, 15) is 9.18 Å². The summed E-state index contributed by atoms with van der Waals surface area (Å²) in [5.74, 6) is -0.210. The van der Waals surface area contributed by atoms with E-state index in [4.69, 9.17) is 14.0 Å². The Morgan fingerprint density at radius 3 is 2.29 bits per heavy atom. The summed E-state index contributed by atoms with van der Waals surface area (Å²) in [6, 6.07) is 2.70. The fourth-order valence-electron chi connectivity index (χ4n) is 2.19. The Bertz CT molecular complexity index is 541. The van der Waals surface area contributed by atoms with E-state index in [0.29, 0.717) is 24.1 Å². The molecule has 1 aliphatic heterocycles. The van der Waals surface area contributed by atoms with Gasteiger partial charge in [-0.3, -0.25) is 4.79 Å². The number of rotatable bonds is 4. The predicted molar refractivity (Wildman–Crippen MR) is 78.7 cm³/mol. The highest BCUT2D eigenvalue weighted by atomic mass is 19.1. The fraction of sp³-hybridized carbons (Fsp3) is 0.533. The second kappa shape index (κ2) is 5.42. The van der Waals surface area contributed by atoms with E-state index in [0.717, 1.165) is 0 Å². The molecule has 0 aliphatic carbocycles. The van der Waals surface area contributed by atoms with Gasteiger partial charge < -0.3 is 14.0 Å². The zero-order valence-corrected chi connectivity index (χ0v) is 13.0. The quantitative estimate of drug-likeness (QED) is 0.631. The molecule has 1 fully saturated rings. The van der Waals surface area contributed by atoms with Crippen LogP contribution in [0.5, 0.6) is 5.75 Å². The smallest absolute Gasteiger partial charge is 0.494 e. The number of halogens is 1. The minimum absolute atomic E-state index is 0.0838. The van der Waals surface area contributed by atoms with Crippen molar-refractivity contribution in [2.75, 3.05) is 6.61 Å². The molecule has 0 atom stereocenters. The van der Waals surface area contributed by atoms with Crippen molar-refractivity contribution in [3.63, 3.8) is 0 Å². The zero-order chi connectivity index (χ0) is 15.8. The number of ether oxygens (including phenoxy) is 1. The molecule has 114 valence electrons. The lowest BCUT2D eigenvalue weighted by Crippen LogP contribution is -2.41. The van der Waals surface area contributed by atoms with Crippen molar-refractivity contribution in [3.8, 4) is 5.75 Å². The standard InChI is InChI=1S/C15H20BFO4/c1-6-19-12-8-7-11(17)10(9-18)13(12)16-20-14(2,3)15(4,5)21-16/h7-9H,6H2,1-5H3. The van der Waals surface area contributed by atoms with Crippen LogP contribution in [0.25, 0.3) is 0 Å². The maximum Gasteiger partial charge on any atom is 0.499 e. The molecule has 0 spiro atoms. The number of benzene rings is 1. The van der Waals surface area contributed by atoms with Gasteiger partial charge in [-0.05, 0) is 46.8 Å². The maximum atomic E-state index is 13.9. The average Bonchev–Trinajstić information content (AvgIpc) is 2.60. The van der Waals surface area contributed by atoms with Crippen LogP contribution < -0.4 is 10.2 Å². The van der Waals surface area contributed by atoms with Gasteiger partial charge in [0.1, 0.15) is 11.6 Å². The summed E-state index contributed by atoms with van der Waals surface area (Å²) in [4.78, 5) is 11.3. The van der Waals surface area contributed by atoms with Crippen molar-refractivity contribution in [2.24, 2.45) is 0 Å². The molecule has 1 aliphatic rings. The van der Waals surface area contributed by atoms with Crippen LogP contribution in [0.4, 0.5) is 4.39 Å². The fourth-order valence-corrected chi connectivity index (χ4v) is 2.19. The number of carbonyl (C=O) groups is 1. The average molecular weight is 294 g/mol. The minimum Gasteiger partial charge on any atom is -0.494 e. The number of hydrogen-bond acceptors (Lipinski definition) is 4. The number of carbonyl (C=O) groups excluding carboxylic acids is 1. The second-order valence-electron chi connectivity index (χ2n) is 6.01. The van der Waals surface area contributed by atoms with E-state index in [1.165, 1.54) is 12.1 Å². The first-order valence-electron chi connectivity index (χ1n) is 6.99. The summed E-state index contributed by atoms with van der Waals surface area (Å²) < 4.78 is 31.2. The van der Waals surface area contributed by atoms with Gasteiger partial charge in [0.25, 0.3) is 0 Å². The Balaban J connectivity index is 2.53. The van der Waals surface area contributed by atoms with E-state index in [1.807, 2.05) is 34.6 Å². The van der Waals surface area contributed by atoms with Crippen molar-refractivity contribution in [3.05, 3.63) is 23.5 Å². The van der Waals surface area contributed by atoms with Crippen LogP contribution in [0.1, 0.15) is 45.0 Å². The van der Waals surface area contributed by atoms with Crippen molar-refractivity contribution in [2.45, 2.75) is 45.8 Å².